The van der Waals surface area contributed by atoms with Crippen molar-refractivity contribution in [2.24, 2.45) is 5.14 Å². The van der Waals surface area contributed by atoms with Gasteiger partial charge in [0.15, 0.2) is 6.61 Å². The van der Waals surface area contributed by atoms with Crippen molar-refractivity contribution in [3.05, 3.63) is 72.9 Å². The van der Waals surface area contributed by atoms with Gasteiger partial charge in [0.2, 0.25) is 15.9 Å². The smallest absolute Gasteiger partial charge is 0.260 e. The molecule has 216 valence electrons. The number of carbonyl (C=O) groups excluding carboxylic acids is 2. The number of nitrogens with one attached hydrogen (secondary N) is 1. The lowest BCUT2D eigenvalue weighted by atomic mass is 10.2. The van der Waals surface area contributed by atoms with Crippen LogP contribution in [0, 0.1) is 0 Å². The van der Waals surface area contributed by atoms with Gasteiger partial charge in [-0.15, -0.1) is 12.4 Å². The van der Waals surface area contributed by atoms with E-state index in [0.717, 1.165) is 16.6 Å². The molecule has 2 heterocycles. The SMILES string of the molecule is CC(=O)N(c1ccc(N2CCN(C(=O)COc3ccc4[nH]cc(N)c4c3)CC2)cc1)c1ccc(S(N)(=O)=O)cc1.Cl. The van der Waals surface area contributed by atoms with Gasteiger partial charge in [0.05, 0.1) is 10.6 Å². The molecule has 5 rings (SSSR count). The average Bonchev–Trinajstić information content (AvgIpc) is 3.32. The maximum Gasteiger partial charge on any atom is 0.260 e. The molecule has 13 heteroatoms. The van der Waals surface area contributed by atoms with Gasteiger partial charge in [0.1, 0.15) is 5.75 Å². The molecule has 5 N–H and O–H groups in total. The second-order valence-corrected chi connectivity index (χ2v) is 11.1. The van der Waals surface area contributed by atoms with Crippen molar-refractivity contribution in [1.29, 1.82) is 0 Å². The molecule has 1 saturated heterocycles. The highest BCUT2D eigenvalue weighted by atomic mass is 35.5. The van der Waals surface area contributed by atoms with E-state index in [1.54, 1.807) is 29.3 Å². The number of hydrogen-bond acceptors (Lipinski definition) is 7. The number of fused-ring (bicyclic) bond motifs is 1. The van der Waals surface area contributed by atoms with Crippen molar-refractivity contribution in [1.82, 2.24) is 9.88 Å². The van der Waals surface area contributed by atoms with Crippen LogP contribution in [-0.2, 0) is 19.6 Å². The number of sulfonamides is 1. The van der Waals surface area contributed by atoms with Crippen molar-refractivity contribution in [2.45, 2.75) is 11.8 Å². The number of carbonyl (C=O) groups is 2. The van der Waals surface area contributed by atoms with Gasteiger partial charge in [0.25, 0.3) is 5.91 Å². The minimum absolute atomic E-state index is 0. The van der Waals surface area contributed by atoms with Crippen molar-refractivity contribution in [3.8, 4) is 5.75 Å². The Kier molecular flexibility index (Phi) is 8.76. The first kappa shape index (κ1) is 29.7. The van der Waals surface area contributed by atoms with Crippen molar-refractivity contribution in [3.63, 3.8) is 0 Å². The summed E-state index contributed by atoms with van der Waals surface area (Å²) < 4.78 is 28.8. The van der Waals surface area contributed by atoms with E-state index < -0.39 is 10.0 Å². The van der Waals surface area contributed by atoms with Gasteiger partial charge in [-0.25, -0.2) is 13.6 Å². The van der Waals surface area contributed by atoms with E-state index in [4.69, 9.17) is 15.6 Å². The Balaban J connectivity index is 0.00000387. The molecule has 11 nitrogen and oxygen atoms in total. The summed E-state index contributed by atoms with van der Waals surface area (Å²) in [5.41, 5.74) is 9.63. The number of amides is 2. The zero-order valence-electron chi connectivity index (χ0n) is 22.3. The number of aromatic nitrogens is 1. The molecule has 0 radical (unpaired) electrons. The number of piperazine rings is 1. The number of hydrogen-bond donors (Lipinski definition) is 3. The highest BCUT2D eigenvalue weighted by molar-refractivity contribution is 7.89. The quantitative estimate of drug-likeness (QED) is 0.295. The van der Waals surface area contributed by atoms with Gasteiger partial charge < -0.3 is 25.3 Å². The molecule has 1 aliphatic rings. The molecule has 1 aromatic heterocycles. The van der Waals surface area contributed by atoms with Crippen LogP contribution < -0.4 is 25.4 Å². The molecule has 0 unspecified atom stereocenters. The van der Waals surface area contributed by atoms with Crippen LogP contribution in [0.25, 0.3) is 10.9 Å². The van der Waals surface area contributed by atoms with Crippen LogP contribution in [0.2, 0.25) is 0 Å². The van der Waals surface area contributed by atoms with Gasteiger partial charge in [-0.05, 0) is 66.7 Å². The van der Waals surface area contributed by atoms with Crippen LogP contribution in [0.4, 0.5) is 22.7 Å². The topological polar surface area (TPSA) is 155 Å². The number of benzene rings is 3. The number of aromatic amines is 1. The van der Waals surface area contributed by atoms with Gasteiger partial charge in [0, 0.05) is 67.3 Å². The van der Waals surface area contributed by atoms with E-state index in [1.165, 1.54) is 24.0 Å². The Labute approximate surface area is 244 Å². The molecular weight excluding hydrogens is 568 g/mol. The van der Waals surface area contributed by atoms with Crippen LogP contribution in [0.15, 0.2) is 77.8 Å². The summed E-state index contributed by atoms with van der Waals surface area (Å²) in [5, 5.41) is 6.04. The molecule has 4 aromatic rings. The van der Waals surface area contributed by atoms with Gasteiger partial charge in [-0.2, -0.15) is 0 Å². The van der Waals surface area contributed by atoms with Gasteiger partial charge in [-0.3, -0.25) is 14.5 Å². The van der Waals surface area contributed by atoms with Crippen molar-refractivity contribution < 1.29 is 22.7 Å². The minimum Gasteiger partial charge on any atom is -0.484 e. The van der Waals surface area contributed by atoms with Crippen molar-refractivity contribution in [2.75, 3.05) is 48.3 Å². The first-order valence-corrected chi connectivity index (χ1v) is 14.2. The van der Waals surface area contributed by atoms with Crippen LogP contribution in [0.3, 0.4) is 0 Å². The molecular formula is C28H31ClN6O5S. The Morgan fingerprint density at radius 1 is 0.951 bits per heavy atom. The maximum absolute atomic E-state index is 12.8. The lowest BCUT2D eigenvalue weighted by Crippen LogP contribution is -2.50. The molecule has 0 bridgehead atoms. The number of primary sulfonamides is 1. The predicted molar refractivity (Wildman–Crippen MR) is 161 cm³/mol. The molecule has 1 fully saturated rings. The number of anilines is 4. The highest BCUT2D eigenvalue weighted by Crippen LogP contribution is 2.29. The third-order valence-corrected chi connectivity index (χ3v) is 7.82. The average molecular weight is 599 g/mol. The van der Waals surface area contributed by atoms with Crippen LogP contribution >= 0.6 is 12.4 Å². The lowest BCUT2D eigenvalue weighted by molar-refractivity contribution is -0.133. The van der Waals surface area contributed by atoms with Gasteiger partial charge in [-0.1, -0.05) is 0 Å². The van der Waals surface area contributed by atoms with E-state index in [-0.39, 0.29) is 35.7 Å². The Morgan fingerprint density at radius 3 is 2.15 bits per heavy atom. The summed E-state index contributed by atoms with van der Waals surface area (Å²) in [6.45, 7) is 3.82. The standard InChI is InChI=1S/C28H30N6O5S.ClH/c1-19(35)34(22-6-9-24(10-7-22)40(30,37)38)21-4-2-20(3-5-21)32-12-14-33(15-13-32)28(36)18-39-23-8-11-27-25(16-23)26(29)17-31-27;/h2-11,16-17,31H,12-15,18,29H2,1H3,(H2,30,37,38);1H. The monoisotopic (exact) mass is 598 g/mol. The molecule has 0 spiro atoms. The lowest BCUT2D eigenvalue weighted by Gasteiger charge is -2.36. The Hall–Kier alpha value is -4.26. The Morgan fingerprint density at radius 2 is 1.56 bits per heavy atom. The van der Waals surface area contributed by atoms with E-state index in [1.807, 2.05) is 36.4 Å². The summed E-state index contributed by atoms with van der Waals surface area (Å²) in [4.78, 5) is 33.7. The van der Waals surface area contributed by atoms with E-state index in [0.29, 0.717) is 49.0 Å². The number of rotatable bonds is 7. The number of halogens is 1. The first-order chi connectivity index (χ1) is 19.1. The molecule has 2 amide bonds. The molecule has 0 atom stereocenters. The number of nitrogen functional groups attached to an aromatic ring is 1. The zero-order valence-corrected chi connectivity index (χ0v) is 24.0. The summed E-state index contributed by atoms with van der Waals surface area (Å²) in [6.07, 6.45) is 1.73. The normalized spacial score (nSPS) is 13.5. The van der Waals surface area contributed by atoms with E-state index in [9.17, 15) is 18.0 Å². The second kappa shape index (κ2) is 12.1. The number of nitrogens with two attached hydrogens (primary N) is 2. The third kappa shape index (κ3) is 6.56. The predicted octanol–water partition coefficient (Wildman–Crippen LogP) is 3.23. The molecule has 0 saturated carbocycles. The number of nitrogens with zero attached hydrogens (tertiary/aromatic N) is 3. The fourth-order valence-corrected chi connectivity index (χ4v) is 5.29. The van der Waals surface area contributed by atoms with Crippen LogP contribution in [0.1, 0.15) is 6.92 Å². The maximum atomic E-state index is 12.8. The Bertz CT molecular complexity index is 1650. The number of ether oxygens (including phenoxy) is 1. The minimum atomic E-state index is -3.83. The summed E-state index contributed by atoms with van der Waals surface area (Å²) >= 11 is 0. The summed E-state index contributed by atoms with van der Waals surface area (Å²) in [6, 6.07) is 18.9. The van der Waals surface area contributed by atoms with E-state index in [2.05, 4.69) is 9.88 Å². The van der Waals surface area contributed by atoms with E-state index >= 15 is 0 Å². The number of H-pyrrole nitrogens is 1. The zero-order chi connectivity index (χ0) is 28.4. The molecule has 41 heavy (non-hydrogen) atoms. The molecule has 1 aliphatic heterocycles. The first-order valence-electron chi connectivity index (χ1n) is 12.7. The largest absolute Gasteiger partial charge is 0.484 e. The fraction of sp³-hybridized carbons (Fsp3) is 0.214. The van der Waals surface area contributed by atoms with Crippen LogP contribution in [-0.4, -0.2) is 62.9 Å². The van der Waals surface area contributed by atoms with Crippen molar-refractivity contribution >= 4 is 67.9 Å². The molecule has 0 aliphatic carbocycles. The summed E-state index contributed by atoms with van der Waals surface area (Å²) in [5.74, 6) is 0.287. The van der Waals surface area contributed by atoms with Gasteiger partial charge >= 0.3 is 0 Å². The summed E-state index contributed by atoms with van der Waals surface area (Å²) in [7, 11) is -3.83. The third-order valence-electron chi connectivity index (χ3n) is 6.89. The molecule has 3 aromatic carbocycles. The second-order valence-electron chi connectivity index (χ2n) is 9.52. The highest BCUT2D eigenvalue weighted by Gasteiger charge is 2.22. The fourth-order valence-electron chi connectivity index (χ4n) is 4.77. The van der Waals surface area contributed by atoms with Crippen LogP contribution in [0.5, 0.6) is 5.75 Å².